The number of hydrogen-bond acceptors (Lipinski definition) is 1. The topological polar surface area (TPSA) is 32.6 Å². The molecule has 6 heteroatoms. The zero-order chi connectivity index (χ0) is 48.0. The van der Waals surface area contributed by atoms with E-state index in [0.29, 0.717) is 0 Å². The average molecular weight is 948 g/mol. The molecule has 15 aromatic rings. The molecule has 5 nitrogen and oxygen atoms in total. The molecular weight excluding hydrogens is 903 g/mol. The molecule has 0 bridgehead atoms. The molecule has 0 aliphatic carbocycles. The lowest BCUT2D eigenvalue weighted by Gasteiger charge is -2.33. The summed E-state index contributed by atoms with van der Waals surface area (Å²) in [5.74, 6) is 0. The predicted octanol–water partition coefficient (Wildman–Crippen LogP) is 13.7. The Labute approximate surface area is 422 Å². The van der Waals surface area contributed by atoms with Crippen LogP contribution in [0.25, 0.3) is 99.2 Å². The van der Waals surface area contributed by atoms with Gasteiger partial charge in [-0.25, -0.2) is 4.98 Å². The summed E-state index contributed by atoms with van der Waals surface area (Å²) in [6, 6.07) is 100. The molecule has 342 valence electrons. The smallest absolute Gasteiger partial charge is 0.224 e. The maximum Gasteiger partial charge on any atom is 0.224 e. The van der Waals surface area contributed by atoms with Crippen molar-refractivity contribution in [1.82, 2.24) is 23.3 Å². The van der Waals surface area contributed by atoms with Crippen molar-refractivity contribution in [3.63, 3.8) is 0 Å². The number of hydrogen-bond donors (Lipinski definition) is 0. The first-order chi connectivity index (χ1) is 36.3. The van der Waals surface area contributed by atoms with Gasteiger partial charge in [-0.2, -0.15) is 0 Å². The highest BCUT2D eigenvalue weighted by Crippen LogP contribution is 2.41. The molecule has 0 saturated heterocycles. The van der Waals surface area contributed by atoms with Crippen molar-refractivity contribution in [2.45, 2.75) is 0 Å². The van der Waals surface area contributed by atoms with Gasteiger partial charge in [0.25, 0.3) is 0 Å². The molecule has 4 heterocycles. The normalized spacial score (nSPS) is 12.1. The Morgan fingerprint density at radius 3 is 1.08 bits per heavy atom. The molecule has 15 rings (SSSR count). The first kappa shape index (κ1) is 41.3. The van der Waals surface area contributed by atoms with Crippen LogP contribution < -0.4 is 21.0 Å². The van der Waals surface area contributed by atoms with Crippen LogP contribution in [0.1, 0.15) is 0 Å². The highest BCUT2D eigenvalue weighted by Gasteiger charge is 2.47. The van der Waals surface area contributed by atoms with Gasteiger partial charge in [0.1, 0.15) is 11.0 Å². The minimum absolute atomic E-state index is 0.926. The van der Waals surface area contributed by atoms with E-state index >= 15 is 0 Å². The van der Waals surface area contributed by atoms with Crippen molar-refractivity contribution in [3.05, 3.63) is 273 Å². The molecule has 0 N–H and O–H groups in total. The summed E-state index contributed by atoms with van der Waals surface area (Å²) in [7, 11) is -3.29. The van der Waals surface area contributed by atoms with E-state index in [-0.39, 0.29) is 0 Å². The zero-order valence-corrected chi connectivity index (χ0v) is 40.7. The number of aromatic nitrogens is 5. The molecule has 0 spiro atoms. The second-order valence-corrected chi connectivity index (χ2v) is 22.7. The second-order valence-electron chi connectivity index (χ2n) is 19.0. The number of para-hydroxylation sites is 6. The lowest BCUT2D eigenvalue weighted by molar-refractivity contribution is 1.11. The second kappa shape index (κ2) is 16.3. The fraction of sp³-hybridized carbons (Fsp3) is 0. The van der Waals surface area contributed by atoms with Crippen molar-refractivity contribution in [3.8, 4) is 22.7 Å². The molecule has 73 heavy (non-hydrogen) atoms. The molecule has 11 aromatic carbocycles. The van der Waals surface area contributed by atoms with E-state index in [1.54, 1.807) is 0 Å². The Morgan fingerprint density at radius 2 is 0.616 bits per heavy atom. The van der Waals surface area contributed by atoms with Gasteiger partial charge in [-0.1, -0.05) is 200 Å². The van der Waals surface area contributed by atoms with Crippen LogP contribution in [0.3, 0.4) is 0 Å². The average Bonchev–Trinajstić information content (AvgIpc) is 4.22. The van der Waals surface area contributed by atoms with E-state index in [1.165, 1.54) is 58.9 Å². The molecule has 0 atom stereocenters. The van der Waals surface area contributed by atoms with Gasteiger partial charge in [0, 0.05) is 43.7 Å². The van der Waals surface area contributed by atoms with Crippen LogP contribution in [0.15, 0.2) is 273 Å². The lowest BCUT2D eigenvalue weighted by Crippen LogP contribution is -2.76. The van der Waals surface area contributed by atoms with Crippen LogP contribution >= 0.6 is 0 Å². The van der Waals surface area contributed by atoms with Gasteiger partial charge in [0.05, 0.1) is 50.0 Å². The third-order valence-corrected chi connectivity index (χ3v) is 19.9. The Balaban J connectivity index is 1.13. The van der Waals surface area contributed by atoms with Crippen molar-refractivity contribution in [1.29, 1.82) is 0 Å². The maximum absolute atomic E-state index is 6.28. The van der Waals surface area contributed by atoms with E-state index in [4.69, 9.17) is 4.98 Å². The SMILES string of the molecule is c1ccc(-n2c([Si](c3ccccc3)(c3ccccc3)c3ccccc3)nc3c(-n4c5ccccc5c5ccccc54)ccc(-n4c5ccccc5c5cc(-n6c7ccccc7c7ccccc76)ccc54)c32)cc1. The van der Waals surface area contributed by atoms with Gasteiger partial charge < -0.3 is 13.7 Å². The fourth-order valence-electron chi connectivity index (χ4n) is 12.3. The van der Waals surface area contributed by atoms with Crippen molar-refractivity contribution >= 4 is 106 Å². The summed E-state index contributed by atoms with van der Waals surface area (Å²) in [5, 5.41) is 11.1. The quantitative estimate of drug-likeness (QED) is 0.110. The largest absolute Gasteiger partial charge is 0.309 e. The summed E-state index contributed by atoms with van der Waals surface area (Å²) >= 11 is 0. The Hall–Kier alpha value is -9.49. The molecule has 0 fully saturated rings. The number of benzene rings is 11. The third-order valence-electron chi connectivity index (χ3n) is 15.3. The summed E-state index contributed by atoms with van der Waals surface area (Å²) in [5.41, 5.74) is 14.2. The molecule has 0 saturated carbocycles. The summed E-state index contributed by atoms with van der Waals surface area (Å²) in [6.45, 7) is 0. The molecule has 0 aliphatic heterocycles. The van der Waals surface area contributed by atoms with E-state index in [9.17, 15) is 0 Å². The van der Waals surface area contributed by atoms with Gasteiger partial charge in [0.15, 0.2) is 0 Å². The maximum atomic E-state index is 6.28. The first-order valence-electron chi connectivity index (χ1n) is 25.1. The van der Waals surface area contributed by atoms with Crippen LogP contribution in [0.2, 0.25) is 0 Å². The van der Waals surface area contributed by atoms with Gasteiger partial charge in [-0.15, -0.1) is 0 Å². The van der Waals surface area contributed by atoms with Crippen LogP contribution in [0.4, 0.5) is 0 Å². The van der Waals surface area contributed by atoms with E-state index < -0.39 is 8.07 Å². The lowest BCUT2D eigenvalue weighted by atomic mass is 10.1. The van der Waals surface area contributed by atoms with E-state index in [1.807, 2.05) is 0 Å². The summed E-state index contributed by atoms with van der Waals surface area (Å²) in [6.07, 6.45) is 0. The number of fused-ring (bicyclic) bond motifs is 10. The van der Waals surface area contributed by atoms with Crippen molar-refractivity contribution < 1.29 is 0 Å². The molecule has 0 amide bonds. The third kappa shape index (κ3) is 5.99. The molecule has 0 aliphatic rings. The predicted molar refractivity (Wildman–Crippen MR) is 308 cm³/mol. The highest BCUT2D eigenvalue weighted by molar-refractivity contribution is 7.19. The molecular formula is C67H45N5Si. The number of nitrogens with zero attached hydrogens (tertiary/aromatic N) is 5. The summed E-state index contributed by atoms with van der Waals surface area (Å²) in [4.78, 5) is 6.28. The monoisotopic (exact) mass is 947 g/mol. The van der Waals surface area contributed by atoms with Crippen LogP contribution in [-0.4, -0.2) is 31.3 Å². The number of rotatable bonds is 8. The van der Waals surface area contributed by atoms with Crippen LogP contribution in [0.5, 0.6) is 0 Å². The molecule has 0 unspecified atom stereocenters. The van der Waals surface area contributed by atoms with E-state index in [2.05, 4.69) is 291 Å². The minimum atomic E-state index is -3.29. The number of imidazole rings is 1. The van der Waals surface area contributed by atoms with Gasteiger partial charge in [-0.05, 0) is 88.4 Å². The van der Waals surface area contributed by atoms with Gasteiger partial charge in [0.2, 0.25) is 8.07 Å². The molecule has 0 radical (unpaired) electrons. The standard InChI is InChI=1S/C67H45N5Si/c1-5-23-46(24-6-1)70-66-64(72-61-40-22-17-35-55(61)56-45-47(41-42-62(56)72)69-57-36-18-13-31-51(57)52-32-14-19-37-58(52)69)44-43-63(71-59-38-20-15-33-53(59)54-34-16-21-39-60(54)71)65(66)68-67(70)73(48-25-7-2-8-26-48,49-27-9-3-10-28-49)50-29-11-4-12-30-50/h1-45H. The van der Waals surface area contributed by atoms with Crippen LogP contribution in [0, 0.1) is 0 Å². The summed E-state index contributed by atoms with van der Waals surface area (Å²) < 4.78 is 9.91. The Bertz CT molecular complexity index is 4400. The van der Waals surface area contributed by atoms with Crippen LogP contribution in [-0.2, 0) is 0 Å². The zero-order valence-electron chi connectivity index (χ0n) is 39.7. The fourth-order valence-corrected chi connectivity index (χ4v) is 17.0. The minimum Gasteiger partial charge on any atom is -0.309 e. The van der Waals surface area contributed by atoms with Crippen molar-refractivity contribution in [2.75, 3.05) is 0 Å². The van der Waals surface area contributed by atoms with E-state index in [0.717, 1.165) is 61.3 Å². The van der Waals surface area contributed by atoms with Gasteiger partial charge in [-0.3, -0.25) is 4.57 Å². The first-order valence-corrected chi connectivity index (χ1v) is 27.1. The Kier molecular flexibility index (Phi) is 9.21. The Morgan fingerprint density at radius 1 is 0.260 bits per heavy atom. The highest BCUT2D eigenvalue weighted by atomic mass is 28.3. The van der Waals surface area contributed by atoms with Crippen molar-refractivity contribution in [2.24, 2.45) is 0 Å². The molecule has 4 aromatic heterocycles. The van der Waals surface area contributed by atoms with Gasteiger partial charge >= 0.3 is 0 Å².